The molecule has 0 saturated carbocycles. The van der Waals surface area contributed by atoms with E-state index in [1.54, 1.807) is 0 Å². The van der Waals surface area contributed by atoms with Crippen LogP contribution in [0.25, 0.3) is 0 Å². The number of halogens is 3. The highest BCUT2D eigenvalue weighted by atomic mass is 19.4. The highest BCUT2D eigenvalue weighted by molar-refractivity contribution is 5.98. The van der Waals surface area contributed by atoms with Gasteiger partial charge in [-0.3, -0.25) is 9.78 Å². The summed E-state index contributed by atoms with van der Waals surface area (Å²) in [6.45, 7) is 0. The largest absolute Gasteiger partial charge is 0.434 e. The minimum Gasteiger partial charge on any atom is -0.266 e. The predicted molar refractivity (Wildman–Crippen MR) is 41.7 cm³/mol. The summed E-state index contributed by atoms with van der Waals surface area (Å²) in [6, 6.07) is 2.03. The molecule has 0 aliphatic heterocycles. The summed E-state index contributed by atoms with van der Waals surface area (Å²) in [5, 5.41) is 0. The van der Waals surface area contributed by atoms with Gasteiger partial charge in [0.2, 0.25) is 6.08 Å². The van der Waals surface area contributed by atoms with Gasteiger partial charge in [0.1, 0.15) is 0 Å². The quantitative estimate of drug-likeness (QED) is 0.528. The van der Waals surface area contributed by atoms with Crippen LogP contribution in [0.3, 0.4) is 0 Å². The molecule has 78 valence electrons. The first kappa shape index (κ1) is 11.1. The number of alkyl halides is 3. The lowest BCUT2D eigenvalue weighted by molar-refractivity contribution is -0.141. The highest BCUT2D eigenvalue weighted by Gasteiger charge is 2.36. The van der Waals surface area contributed by atoms with E-state index in [0.717, 1.165) is 24.4 Å². The molecule has 0 atom stereocenters. The minimum atomic E-state index is -4.76. The van der Waals surface area contributed by atoms with E-state index in [1.807, 2.05) is 0 Å². The summed E-state index contributed by atoms with van der Waals surface area (Å²) in [5.41, 5.74) is -2.14. The van der Waals surface area contributed by atoms with Crippen molar-refractivity contribution in [2.75, 3.05) is 0 Å². The molecule has 0 saturated heterocycles. The van der Waals surface area contributed by atoms with Crippen LogP contribution >= 0.6 is 0 Å². The van der Waals surface area contributed by atoms with Crippen molar-refractivity contribution in [1.82, 2.24) is 4.98 Å². The van der Waals surface area contributed by atoms with Gasteiger partial charge in [0.05, 0.1) is 5.56 Å². The zero-order chi connectivity index (χ0) is 11.5. The SMILES string of the molecule is O=C=NC(=O)c1cccnc1C(F)(F)F. The number of aromatic nitrogens is 1. The number of rotatable bonds is 1. The van der Waals surface area contributed by atoms with Crippen molar-refractivity contribution in [3.63, 3.8) is 0 Å². The maximum absolute atomic E-state index is 12.3. The first-order chi connectivity index (χ1) is 6.96. The Balaban J connectivity index is 3.30. The van der Waals surface area contributed by atoms with E-state index >= 15 is 0 Å². The van der Waals surface area contributed by atoms with Gasteiger partial charge in [-0.1, -0.05) is 0 Å². The molecule has 0 bridgehead atoms. The molecule has 4 nitrogen and oxygen atoms in total. The fraction of sp³-hybridized carbons (Fsp3) is 0.125. The molecule has 15 heavy (non-hydrogen) atoms. The van der Waals surface area contributed by atoms with E-state index in [4.69, 9.17) is 0 Å². The van der Waals surface area contributed by atoms with Crippen LogP contribution in [0.15, 0.2) is 23.3 Å². The number of nitrogens with zero attached hydrogens (tertiary/aromatic N) is 2. The molecule has 0 aromatic carbocycles. The zero-order valence-corrected chi connectivity index (χ0v) is 7.08. The molecular formula is C8H3F3N2O2. The van der Waals surface area contributed by atoms with Crippen molar-refractivity contribution in [3.8, 4) is 0 Å². The van der Waals surface area contributed by atoms with E-state index in [1.165, 1.54) is 0 Å². The Labute approximate surface area is 81.5 Å². The highest BCUT2D eigenvalue weighted by Crippen LogP contribution is 2.30. The average molecular weight is 216 g/mol. The summed E-state index contributed by atoms with van der Waals surface area (Å²) in [5.74, 6) is -1.31. The summed E-state index contributed by atoms with van der Waals surface area (Å²) in [7, 11) is 0. The van der Waals surface area contributed by atoms with Gasteiger partial charge in [0, 0.05) is 6.20 Å². The normalized spacial score (nSPS) is 10.6. The molecule has 0 aliphatic carbocycles. The third kappa shape index (κ3) is 2.47. The minimum absolute atomic E-state index is 0.770. The Morgan fingerprint density at radius 2 is 2.13 bits per heavy atom. The van der Waals surface area contributed by atoms with Crippen molar-refractivity contribution in [2.45, 2.75) is 6.18 Å². The molecule has 0 radical (unpaired) electrons. The summed E-state index contributed by atoms with van der Waals surface area (Å²) in [6.07, 6.45) is -2.99. The molecule has 7 heteroatoms. The topological polar surface area (TPSA) is 59.4 Å². The molecule has 1 amide bonds. The molecule has 0 aliphatic rings. The van der Waals surface area contributed by atoms with Crippen molar-refractivity contribution in [1.29, 1.82) is 0 Å². The van der Waals surface area contributed by atoms with Gasteiger partial charge in [0.15, 0.2) is 5.69 Å². The first-order valence-corrected chi connectivity index (χ1v) is 3.61. The van der Waals surface area contributed by atoms with Gasteiger partial charge >= 0.3 is 6.18 Å². The molecule has 0 N–H and O–H groups in total. The lowest BCUT2D eigenvalue weighted by atomic mass is 10.2. The van der Waals surface area contributed by atoms with Crippen LogP contribution in [0, 0.1) is 0 Å². The number of carbonyl (C=O) groups is 1. The van der Waals surface area contributed by atoms with Crippen molar-refractivity contribution in [3.05, 3.63) is 29.6 Å². The van der Waals surface area contributed by atoms with Gasteiger partial charge in [0.25, 0.3) is 5.91 Å². The van der Waals surface area contributed by atoms with E-state index in [9.17, 15) is 22.8 Å². The lowest BCUT2D eigenvalue weighted by Gasteiger charge is -2.07. The van der Waals surface area contributed by atoms with Crippen LogP contribution in [-0.2, 0) is 11.0 Å². The molecule has 0 fully saturated rings. The Morgan fingerprint density at radius 3 is 2.67 bits per heavy atom. The molecule has 1 aromatic heterocycles. The van der Waals surface area contributed by atoms with Crippen LogP contribution in [0.4, 0.5) is 13.2 Å². The summed E-state index contributed by atoms with van der Waals surface area (Å²) >= 11 is 0. The predicted octanol–water partition coefficient (Wildman–Crippen LogP) is 1.58. The molecule has 0 unspecified atom stereocenters. The van der Waals surface area contributed by atoms with Gasteiger partial charge in [-0.15, -0.1) is 4.99 Å². The van der Waals surface area contributed by atoms with Gasteiger partial charge < -0.3 is 0 Å². The second-order valence-electron chi connectivity index (χ2n) is 2.41. The maximum Gasteiger partial charge on any atom is 0.434 e. The van der Waals surface area contributed by atoms with Crippen molar-refractivity contribution < 1.29 is 22.8 Å². The third-order valence-electron chi connectivity index (χ3n) is 1.45. The van der Waals surface area contributed by atoms with Crippen LogP contribution in [-0.4, -0.2) is 17.0 Å². The van der Waals surface area contributed by atoms with Crippen LogP contribution < -0.4 is 0 Å². The van der Waals surface area contributed by atoms with Gasteiger partial charge in [-0.2, -0.15) is 13.2 Å². The maximum atomic E-state index is 12.3. The molecule has 1 aromatic rings. The second-order valence-corrected chi connectivity index (χ2v) is 2.41. The Morgan fingerprint density at radius 1 is 1.47 bits per heavy atom. The van der Waals surface area contributed by atoms with Crippen molar-refractivity contribution >= 4 is 12.0 Å². The first-order valence-electron chi connectivity index (χ1n) is 3.61. The number of carbonyl (C=O) groups excluding carboxylic acids is 2. The number of hydrogen-bond acceptors (Lipinski definition) is 3. The third-order valence-corrected chi connectivity index (χ3v) is 1.45. The Hall–Kier alpha value is -2.01. The van der Waals surface area contributed by atoms with Crippen molar-refractivity contribution in [2.24, 2.45) is 4.99 Å². The number of aliphatic imine (C=N–C) groups is 1. The number of amides is 1. The van der Waals surface area contributed by atoms with E-state index in [-0.39, 0.29) is 0 Å². The lowest BCUT2D eigenvalue weighted by Crippen LogP contribution is -2.14. The summed E-state index contributed by atoms with van der Waals surface area (Å²) in [4.78, 5) is 26.3. The number of hydrogen-bond donors (Lipinski definition) is 0. The monoisotopic (exact) mass is 216 g/mol. The zero-order valence-electron chi connectivity index (χ0n) is 7.08. The van der Waals surface area contributed by atoms with Crippen LogP contribution in [0.2, 0.25) is 0 Å². The summed E-state index contributed by atoms with van der Waals surface area (Å²) < 4.78 is 36.9. The number of pyridine rings is 1. The smallest absolute Gasteiger partial charge is 0.266 e. The number of isocyanates is 1. The van der Waals surface area contributed by atoms with E-state index in [0.29, 0.717) is 0 Å². The molecule has 0 spiro atoms. The molecule has 1 rings (SSSR count). The molecular weight excluding hydrogens is 213 g/mol. The fourth-order valence-electron chi connectivity index (χ4n) is 0.905. The van der Waals surface area contributed by atoms with Gasteiger partial charge in [-0.25, -0.2) is 4.79 Å². The standard InChI is InChI=1S/C8H3F3N2O2/c9-8(10,11)6-5(2-1-3-12-6)7(15)13-4-14/h1-3H. The fourth-order valence-corrected chi connectivity index (χ4v) is 0.905. The van der Waals surface area contributed by atoms with E-state index < -0.39 is 23.3 Å². The molecule has 1 heterocycles. The van der Waals surface area contributed by atoms with E-state index in [2.05, 4.69) is 9.98 Å². The Bertz CT molecular complexity index is 436. The Kier molecular flexibility index (Phi) is 2.96. The van der Waals surface area contributed by atoms with Crippen LogP contribution in [0.5, 0.6) is 0 Å². The van der Waals surface area contributed by atoms with Gasteiger partial charge in [-0.05, 0) is 12.1 Å². The van der Waals surface area contributed by atoms with Crippen LogP contribution in [0.1, 0.15) is 16.1 Å². The second kappa shape index (κ2) is 4.02. The average Bonchev–Trinajstić information content (AvgIpc) is 2.17.